The van der Waals surface area contributed by atoms with Crippen molar-refractivity contribution in [2.75, 3.05) is 37.8 Å². The van der Waals surface area contributed by atoms with Crippen molar-refractivity contribution in [2.45, 2.75) is 6.42 Å². The van der Waals surface area contributed by atoms with E-state index < -0.39 is 23.2 Å². The number of nitrogens with one attached hydrogen (secondary N) is 2. The number of carbonyl (C=O) groups is 1. The van der Waals surface area contributed by atoms with Crippen LogP contribution >= 0.6 is 0 Å². The molecule has 0 fully saturated rings. The zero-order chi connectivity index (χ0) is 17.5. The van der Waals surface area contributed by atoms with Gasteiger partial charge in [0, 0.05) is 6.54 Å². The predicted molar refractivity (Wildman–Crippen MR) is 90.2 cm³/mol. The molecule has 0 aliphatic heterocycles. The molecule has 0 atom stereocenters. The van der Waals surface area contributed by atoms with Crippen molar-refractivity contribution < 1.29 is 13.6 Å². The number of para-hydroxylation sites is 1. The third-order valence-corrected chi connectivity index (χ3v) is 3.31. The summed E-state index contributed by atoms with van der Waals surface area (Å²) in [6.45, 7) is 1.75. The van der Waals surface area contributed by atoms with Crippen LogP contribution in [-0.4, -0.2) is 43.0 Å². The quantitative estimate of drug-likeness (QED) is 0.765. The van der Waals surface area contributed by atoms with Gasteiger partial charge in [-0.05, 0) is 51.3 Å². The first-order chi connectivity index (χ1) is 11.5. The first kappa shape index (κ1) is 17.8. The van der Waals surface area contributed by atoms with Crippen molar-refractivity contribution in [2.24, 2.45) is 0 Å². The Morgan fingerprint density at radius 3 is 2.46 bits per heavy atom. The summed E-state index contributed by atoms with van der Waals surface area (Å²) in [6, 6.07) is 6.59. The lowest BCUT2D eigenvalue weighted by Gasteiger charge is -2.11. The Bertz CT molecular complexity index is 669. The van der Waals surface area contributed by atoms with Gasteiger partial charge in [0.2, 0.25) is 0 Å². The monoisotopic (exact) mass is 334 g/mol. The van der Waals surface area contributed by atoms with Crippen LogP contribution in [0.4, 0.5) is 20.2 Å². The molecule has 1 aromatic carbocycles. The van der Waals surface area contributed by atoms with Gasteiger partial charge >= 0.3 is 0 Å². The molecule has 24 heavy (non-hydrogen) atoms. The molecule has 2 rings (SSSR count). The second kappa shape index (κ2) is 8.35. The Balaban J connectivity index is 1.94. The summed E-state index contributed by atoms with van der Waals surface area (Å²) in [4.78, 5) is 18.1. The van der Waals surface area contributed by atoms with E-state index >= 15 is 0 Å². The van der Waals surface area contributed by atoms with Gasteiger partial charge in [0.05, 0.1) is 11.9 Å². The van der Waals surface area contributed by atoms with E-state index in [1.165, 1.54) is 18.3 Å². The van der Waals surface area contributed by atoms with Gasteiger partial charge < -0.3 is 15.5 Å². The molecular formula is C17H20F2N4O. The zero-order valence-corrected chi connectivity index (χ0v) is 13.6. The summed E-state index contributed by atoms with van der Waals surface area (Å²) in [7, 11) is 4.01. The average molecular weight is 334 g/mol. The van der Waals surface area contributed by atoms with Crippen LogP contribution in [0.1, 0.15) is 16.9 Å². The van der Waals surface area contributed by atoms with Gasteiger partial charge in [-0.25, -0.2) is 13.8 Å². The first-order valence-electron chi connectivity index (χ1n) is 7.57. The Hall–Kier alpha value is -2.54. The molecular weight excluding hydrogens is 314 g/mol. The second-order valence-electron chi connectivity index (χ2n) is 5.57. The van der Waals surface area contributed by atoms with Crippen molar-refractivity contribution in [3.8, 4) is 0 Å². The summed E-state index contributed by atoms with van der Waals surface area (Å²) < 4.78 is 27.1. The van der Waals surface area contributed by atoms with Crippen LogP contribution in [0.2, 0.25) is 0 Å². The fraction of sp³-hybridized carbons (Fsp3) is 0.294. The molecule has 0 aliphatic carbocycles. The van der Waals surface area contributed by atoms with E-state index in [1.807, 2.05) is 14.1 Å². The van der Waals surface area contributed by atoms with E-state index in [0.717, 1.165) is 37.3 Å². The normalized spacial score (nSPS) is 10.7. The summed E-state index contributed by atoms with van der Waals surface area (Å²) in [5.41, 5.74) is 0.383. The number of halogens is 2. The molecule has 0 saturated carbocycles. The highest BCUT2D eigenvalue weighted by Gasteiger charge is 2.14. The highest BCUT2D eigenvalue weighted by Crippen LogP contribution is 2.18. The van der Waals surface area contributed by atoms with Gasteiger partial charge in [-0.1, -0.05) is 6.07 Å². The fourth-order valence-corrected chi connectivity index (χ4v) is 2.06. The van der Waals surface area contributed by atoms with Crippen molar-refractivity contribution in [1.29, 1.82) is 0 Å². The molecule has 0 radical (unpaired) electrons. The number of hydrogen-bond acceptors (Lipinski definition) is 4. The maximum absolute atomic E-state index is 13.5. The SMILES string of the molecule is CN(C)CCCNc1ccc(C(=O)Nc2c(F)cccc2F)nc1. The van der Waals surface area contributed by atoms with E-state index in [4.69, 9.17) is 0 Å². The molecule has 0 saturated heterocycles. The summed E-state index contributed by atoms with van der Waals surface area (Å²) in [6.07, 6.45) is 2.49. The smallest absolute Gasteiger partial charge is 0.274 e. The molecule has 128 valence electrons. The standard InChI is InChI=1S/C17H20F2N4O/c1-23(2)10-4-9-20-12-7-8-15(21-11-12)17(24)22-16-13(18)5-3-6-14(16)19/h3,5-8,11,20H,4,9-10H2,1-2H3,(H,22,24). The van der Waals surface area contributed by atoms with Crippen LogP contribution in [0.15, 0.2) is 36.5 Å². The lowest BCUT2D eigenvalue weighted by atomic mass is 10.2. The fourth-order valence-electron chi connectivity index (χ4n) is 2.06. The van der Waals surface area contributed by atoms with Gasteiger partial charge in [0.1, 0.15) is 23.0 Å². The molecule has 5 nitrogen and oxygen atoms in total. The lowest BCUT2D eigenvalue weighted by molar-refractivity contribution is 0.102. The van der Waals surface area contributed by atoms with Crippen molar-refractivity contribution in [3.05, 3.63) is 53.9 Å². The molecule has 0 bridgehead atoms. The van der Waals surface area contributed by atoms with E-state index in [0.29, 0.717) is 0 Å². The van der Waals surface area contributed by atoms with Gasteiger partial charge in [-0.2, -0.15) is 0 Å². The van der Waals surface area contributed by atoms with Crippen molar-refractivity contribution in [3.63, 3.8) is 0 Å². The third kappa shape index (κ3) is 4.99. The van der Waals surface area contributed by atoms with Gasteiger partial charge in [0.15, 0.2) is 0 Å². The maximum Gasteiger partial charge on any atom is 0.274 e. The van der Waals surface area contributed by atoms with E-state index in [1.54, 1.807) is 6.07 Å². The topological polar surface area (TPSA) is 57.3 Å². The number of pyridine rings is 1. The molecule has 2 aromatic rings. The average Bonchev–Trinajstić information content (AvgIpc) is 2.55. The molecule has 7 heteroatoms. The predicted octanol–water partition coefficient (Wildman–Crippen LogP) is 2.98. The number of amides is 1. The minimum atomic E-state index is -0.831. The van der Waals surface area contributed by atoms with Crippen LogP contribution in [0, 0.1) is 11.6 Å². The molecule has 0 unspecified atom stereocenters. The van der Waals surface area contributed by atoms with Gasteiger partial charge in [-0.3, -0.25) is 4.79 Å². The van der Waals surface area contributed by atoms with Crippen molar-refractivity contribution in [1.82, 2.24) is 9.88 Å². The summed E-state index contributed by atoms with van der Waals surface area (Å²) in [5, 5.41) is 5.39. The van der Waals surface area contributed by atoms with E-state index in [-0.39, 0.29) is 5.69 Å². The molecule has 1 heterocycles. The Labute approximate surface area is 139 Å². The third-order valence-electron chi connectivity index (χ3n) is 3.31. The Morgan fingerprint density at radius 1 is 1.17 bits per heavy atom. The number of nitrogens with zero attached hydrogens (tertiary/aromatic N) is 2. The number of hydrogen-bond donors (Lipinski definition) is 2. The van der Waals surface area contributed by atoms with Crippen LogP contribution < -0.4 is 10.6 Å². The summed E-state index contributed by atoms with van der Waals surface area (Å²) >= 11 is 0. The first-order valence-corrected chi connectivity index (χ1v) is 7.57. The van der Waals surface area contributed by atoms with Gasteiger partial charge in [0.25, 0.3) is 5.91 Å². The highest BCUT2D eigenvalue weighted by atomic mass is 19.1. The molecule has 1 aromatic heterocycles. The highest BCUT2D eigenvalue weighted by molar-refractivity contribution is 6.03. The molecule has 2 N–H and O–H groups in total. The van der Waals surface area contributed by atoms with Crippen molar-refractivity contribution >= 4 is 17.3 Å². The summed E-state index contributed by atoms with van der Waals surface area (Å²) in [5.74, 6) is -2.33. The lowest BCUT2D eigenvalue weighted by Crippen LogP contribution is -2.17. The number of benzene rings is 1. The van der Waals surface area contributed by atoms with Gasteiger partial charge in [-0.15, -0.1) is 0 Å². The number of rotatable bonds is 7. The Morgan fingerprint density at radius 2 is 1.88 bits per heavy atom. The van der Waals surface area contributed by atoms with E-state index in [9.17, 15) is 13.6 Å². The van der Waals surface area contributed by atoms with E-state index in [2.05, 4.69) is 20.5 Å². The molecule has 0 spiro atoms. The minimum absolute atomic E-state index is 0.0801. The largest absolute Gasteiger partial charge is 0.384 e. The molecule has 0 aliphatic rings. The zero-order valence-electron chi connectivity index (χ0n) is 13.6. The van der Waals surface area contributed by atoms with Crippen LogP contribution in [0.25, 0.3) is 0 Å². The van der Waals surface area contributed by atoms with Crippen LogP contribution in [0.3, 0.4) is 0 Å². The second-order valence-corrected chi connectivity index (χ2v) is 5.57. The van der Waals surface area contributed by atoms with Crippen LogP contribution in [0.5, 0.6) is 0 Å². The number of anilines is 2. The maximum atomic E-state index is 13.5. The minimum Gasteiger partial charge on any atom is -0.384 e. The van der Waals surface area contributed by atoms with Crippen LogP contribution in [-0.2, 0) is 0 Å². The Kier molecular flexibility index (Phi) is 6.20. The number of aromatic nitrogens is 1. The molecule has 1 amide bonds. The number of carbonyl (C=O) groups excluding carboxylic acids is 1.